The van der Waals surface area contributed by atoms with E-state index in [1.807, 2.05) is 17.5 Å². The Morgan fingerprint density at radius 3 is 2.72 bits per heavy atom. The van der Waals surface area contributed by atoms with E-state index in [4.69, 9.17) is 23.2 Å². The largest absolute Gasteiger partial charge is 0.299 e. The third-order valence-electron chi connectivity index (χ3n) is 2.68. The van der Waals surface area contributed by atoms with Crippen LogP contribution in [0.15, 0.2) is 35.0 Å². The second-order valence-electron chi connectivity index (χ2n) is 4.08. The van der Waals surface area contributed by atoms with Gasteiger partial charge in [-0.05, 0) is 46.5 Å². The monoisotopic (exact) mass is 298 g/mol. The lowest BCUT2D eigenvalue weighted by molar-refractivity contribution is -0.118. The van der Waals surface area contributed by atoms with E-state index in [2.05, 4.69) is 5.38 Å². The van der Waals surface area contributed by atoms with Crippen LogP contribution in [0.5, 0.6) is 0 Å². The first-order valence-electron chi connectivity index (χ1n) is 5.62. The summed E-state index contributed by atoms with van der Waals surface area (Å²) in [5.74, 6) is 0.199. The molecule has 1 aromatic carbocycles. The summed E-state index contributed by atoms with van der Waals surface area (Å²) < 4.78 is 0. The highest BCUT2D eigenvalue weighted by Crippen LogP contribution is 2.22. The van der Waals surface area contributed by atoms with Crippen molar-refractivity contribution in [2.45, 2.75) is 19.3 Å². The molecule has 0 N–H and O–H groups in total. The molecule has 2 rings (SSSR count). The third kappa shape index (κ3) is 3.84. The van der Waals surface area contributed by atoms with Gasteiger partial charge < -0.3 is 0 Å². The van der Waals surface area contributed by atoms with Crippen LogP contribution in [0.2, 0.25) is 10.0 Å². The molecule has 0 aliphatic carbocycles. The van der Waals surface area contributed by atoms with E-state index < -0.39 is 0 Å². The molecule has 1 nitrogen and oxygen atoms in total. The van der Waals surface area contributed by atoms with Crippen molar-refractivity contribution in [1.29, 1.82) is 0 Å². The van der Waals surface area contributed by atoms with Crippen LogP contribution in [-0.4, -0.2) is 5.78 Å². The Kier molecular flexibility index (Phi) is 4.81. The molecule has 18 heavy (non-hydrogen) atoms. The van der Waals surface area contributed by atoms with E-state index >= 15 is 0 Å². The average molecular weight is 299 g/mol. The molecule has 1 aromatic heterocycles. The molecule has 4 heteroatoms. The first-order chi connectivity index (χ1) is 8.65. The lowest BCUT2D eigenvalue weighted by Crippen LogP contribution is -2.04. The van der Waals surface area contributed by atoms with Gasteiger partial charge in [-0.15, -0.1) is 0 Å². The summed E-state index contributed by atoms with van der Waals surface area (Å²) in [7, 11) is 0. The number of carbonyl (C=O) groups is 1. The molecule has 1 heterocycles. The highest BCUT2D eigenvalue weighted by molar-refractivity contribution is 7.07. The first-order valence-corrected chi connectivity index (χ1v) is 7.32. The minimum Gasteiger partial charge on any atom is -0.299 e. The van der Waals surface area contributed by atoms with E-state index in [-0.39, 0.29) is 5.78 Å². The predicted molar refractivity (Wildman–Crippen MR) is 77.8 cm³/mol. The summed E-state index contributed by atoms with van der Waals surface area (Å²) in [5.41, 5.74) is 2.06. The van der Waals surface area contributed by atoms with Crippen molar-refractivity contribution >= 4 is 40.3 Å². The lowest BCUT2D eigenvalue weighted by Gasteiger charge is -2.04. The molecule has 0 atom stereocenters. The molecule has 0 radical (unpaired) electrons. The summed E-state index contributed by atoms with van der Waals surface area (Å²) >= 11 is 13.5. The molecule has 2 aromatic rings. The number of aryl methyl sites for hydroxylation is 1. The SMILES string of the molecule is O=C(CCc1ccsc1)Cc1ccc(Cl)cc1Cl. The summed E-state index contributed by atoms with van der Waals surface area (Å²) in [6.45, 7) is 0. The minimum absolute atomic E-state index is 0.199. The van der Waals surface area contributed by atoms with Gasteiger partial charge in [0.2, 0.25) is 0 Å². The van der Waals surface area contributed by atoms with E-state index in [1.54, 1.807) is 23.5 Å². The summed E-state index contributed by atoms with van der Waals surface area (Å²) in [4.78, 5) is 11.9. The average Bonchev–Trinajstić information content (AvgIpc) is 2.83. The Bertz CT molecular complexity index is 535. The van der Waals surface area contributed by atoms with Gasteiger partial charge in [-0.25, -0.2) is 0 Å². The van der Waals surface area contributed by atoms with Crippen LogP contribution in [0, 0.1) is 0 Å². The Morgan fingerprint density at radius 2 is 2.06 bits per heavy atom. The van der Waals surface area contributed by atoms with Crippen molar-refractivity contribution in [3.05, 3.63) is 56.2 Å². The first kappa shape index (κ1) is 13.6. The molecular weight excluding hydrogens is 287 g/mol. The van der Waals surface area contributed by atoms with E-state index in [1.165, 1.54) is 5.56 Å². The molecule has 0 aliphatic heterocycles. The molecule has 0 fully saturated rings. The number of ketones is 1. The Balaban J connectivity index is 1.91. The van der Waals surface area contributed by atoms with Gasteiger partial charge in [-0.3, -0.25) is 4.79 Å². The van der Waals surface area contributed by atoms with Gasteiger partial charge in [0.05, 0.1) is 0 Å². The molecular formula is C14H12Cl2OS. The van der Waals surface area contributed by atoms with Gasteiger partial charge in [-0.2, -0.15) is 11.3 Å². The van der Waals surface area contributed by atoms with Crippen molar-refractivity contribution < 1.29 is 4.79 Å². The normalized spacial score (nSPS) is 10.6. The van der Waals surface area contributed by atoms with Crippen molar-refractivity contribution in [2.24, 2.45) is 0 Å². The third-order valence-corrected chi connectivity index (χ3v) is 3.99. The quantitative estimate of drug-likeness (QED) is 0.775. The number of hydrogen-bond acceptors (Lipinski definition) is 2. The van der Waals surface area contributed by atoms with E-state index in [9.17, 15) is 4.79 Å². The van der Waals surface area contributed by atoms with Crippen molar-refractivity contribution in [3.63, 3.8) is 0 Å². The van der Waals surface area contributed by atoms with Crippen LogP contribution < -0.4 is 0 Å². The lowest BCUT2D eigenvalue weighted by atomic mass is 10.0. The highest BCUT2D eigenvalue weighted by atomic mass is 35.5. The Hall–Kier alpha value is -0.830. The van der Waals surface area contributed by atoms with Crippen LogP contribution in [0.3, 0.4) is 0 Å². The number of carbonyl (C=O) groups excluding carboxylic acids is 1. The fourth-order valence-electron chi connectivity index (χ4n) is 1.68. The van der Waals surface area contributed by atoms with Gasteiger partial charge >= 0.3 is 0 Å². The van der Waals surface area contributed by atoms with Gasteiger partial charge in [0, 0.05) is 22.9 Å². The summed E-state index contributed by atoms with van der Waals surface area (Å²) in [6, 6.07) is 7.29. The molecule has 0 spiro atoms. The number of Topliss-reactive ketones (excluding diaryl/α,β-unsaturated/α-hetero) is 1. The zero-order valence-corrected chi connectivity index (χ0v) is 12.0. The Morgan fingerprint density at radius 1 is 1.22 bits per heavy atom. The zero-order valence-electron chi connectivity index (χ0n) is 9.66. The minimum atomic E-state index is 0.199. The number of benzene rings is 1. The molecule has 0 saturated heterocycles. The maximum atomic E-state index is 11.9. The van der Waals surface area contributed by atoms with Crippen LogP contribution in [0.4, 0.5) is 0 Å². The second kappa shape index (κ2) is 6.37. The van der Waals surface area contributed by atoms with Crippen LogP contribution in [0.25, 0.3) is 0 Å². The number of rotatable bonds is 5. The molecule has 0 amide bonds. The standard InChI is InChI=1S/C14H12Cl2OS/c15-12-3-2-11(14(16)8-12)7-13(17)4-1-10-5-6-18-9-10/h2-3,5-6,8-9H,1,4,7H2. The molecule has 0 unspecified atom stereocenters. The van der Waals surface area contributed by atoms with Gasteiger partial charge in [0.25, 0.3) is 0 Å². The van der Waals surface area contributed by atoms with Crippen LogP contribution >= 0.6 is 34.5 Å². The van der Waals surface area contributed by atoms with Crippen LogP contribution in [0.1, 0.15) is 17.5 Å². The van der Waals surface area contributed by atoms with Gasteiger partial charge in [-0.1, -0.05) is 29.3 Å². The van der Waals surface area contributed by atoms with Crippen LogP contribution in [-0.2, 0) is 17.6 Å². The maximum Gasteiger partial charge on any atom is 0.137 e. The molecule has 0 saturated carbocycles. The molecule has 94 valence electrons. The number of thiophene rings is 1. The Labute approximate surface area is 120 Å². The highest BCUT2D eigenvalue weighted by Gasteiger charge is 2.08. The smallest absolute Gasteiger partial charge is 0.137 e. The van der Waals surface area contributed by atoms with Gasteiger partial charge in [0.1, 0.15) is 5.78 Å². The summed E-state index contributed by atoms with van der Waals surface area (Å²) in [5, 5.41) is 5.25. The summed E-state index contributed by atoms with van der Waals surface area (Å²) in [6.07, 6.45) is 1.73. The van der Waals surface area contributed by atoms with E-state index in [0.717, 1.165) is 12.0 Å². The predicted octanol–water partition coefficient (Wildman–Crippen LogP) is 4.80. The topological polar surface area (TPSA) is 17.1 Å². The van der Waals surface area contributed by atoms with Crippen molar-refractivity contribution in [2.75, 3.05) is 0 Å². The van der Waals surface area contributed by atoms with Crippen molar-refractivity contribution in [1.82, 2.24) is 0 Å². The maximum absolute atomic E-state index is 11.9. The van der Waals surface area contributed by atoms with E-state index in [0.29, 0.717) is 22.9 Å². The molecule has 0 aliphatic rings. The fourth-order valence-corrected chi connectivity index (χ4v) is 2.86. The number of halogens is 2. The zero-order chi connectivity index (χ0) is 13.0. The van der Waals surface area contributed by atoms with Crippen molar-refractivity contribution in [3.8, 4) is 0 Å². The number of hydrogen-bond donors (Lipinski definition) is 0. The molecule has 0 bridgehead atoms. The second-order valence-corrected chi connectivity index (χ2v) is 5.71. The fraction of sp³-hybridized carbons (Fsp3) is 0.214. The van der Waals surface area contributed by atoms with Gasteiger partial charge in [0.15, 0.2) is 0 Å².